The Bertz CT molecular complexity index is 370. The predicted molar refractivity (Wildman–Crippen MR) is 48.6 cm³/mol. The zero-order valence-electron chi connectivity index (χ0n) is 6.17. The summed E-state index contributed by atoms with van der Waals surface area (Å²) >= 11 is 1.46. The smallest absolute Gasteiger partial charge is 0.164 e. The Morgan fingerprint density at radius 1 is 1.67 bits per heavy atom. The molecule has 0 aromatic carbocycles. The maximum absolute atomic E-state index is 10.3. The molecule has 0 bridgehead atoms. The molecule has 0 aliphatic rings. The molecule has 0 aliphatic heterocycles. The van der Waals surface area contributed by atoms with Crippen molar-refractivity contribution in [3.63, 3.8) is 0 Å². The summed E-state index contributed by atoms with van der Waals surface area (Å²) in [5.74, 6) is 0. The van der Waals surface area contributed by atoms with Crippen LogP contribution in [0.25, 0.3) is 0 Å². The zero-order chi connectivity index (χ0) is 8.97. The van der Waals surface area contributed by atoms with Gasteiger partial charge in [0.15, 0.2) is 0 Å². The minimum atomic E-state index is -2.37. The van der Waals surface area contributed by atoms with Crippen LogP contribution in [0, 0.1) is 0 Å². The van der Waals surface area contributed by atoms with Gasteiger partial charge >= 0.3 is 10.5 Å². The van der Waals surface area contributed by atoms with Gasteiger partial charge in [0.05, 0.1) is 0 Å². The summed E-state index contributed by atoms with van der Waals surface area (Å²) in [6.07, 6.45) is 1.50. The van der Waals surface area contributed by atoms with E-state index in [9.17, 15) is 8.42 Å². The summed E-state index contributed by atoms with van der Waals surface area (Å²) in [6, 6.07) is 3.25. The molecule has 0 saturated heterocycles. The maximum atomic E-state index is 10.3. The third-order valence-corrected chi connectivity index (χ3v) is 2.60. The molecule has 12 heavy (non-hydrogen) atoms. The van der Waals surface area contributed by atoms with Crippen molar-refractivity contribution in [1.29, 1.82) is 0 Å². The Morgan fingerprint density at radius 2 is 2.42 bits per heavy atom. The fraction of sp³-hybridized carbons (Fsp3) is 0.143. The van der Waals surface area contributed by atoms with Crippen LogP contribution in [0.4, 0.5) is 0 Å². The third kappa shape index (κ3) is 2.28. The Hall–Kier alpha value is -0.940. The lowest BCUT2D eigenvalue weighted by Gasteiger charge is -1.98. The van der Waals surface area contributed by atoms with Gasteiger partial charge in [0.25, 0.3) is 0 Å². The summed E-state index contributed by atoms with van der Waals surface area (Å²) < 4.78 is 24.0. The Balaban J connectivity index is 2.99. The summed E-state index contributed by atoms with van der Waals surface area (Å²) in [6.45, 7) is 3.51. The molecule has 0 spiro atoms. The molecule has 0 radical (unpaired) electrons. The lowest BCUT2D eigenvalue weighted by atomic mass is 10.2. The summed E-state index contributed by atoms with van der Waals surface area (Å²) in [7, 11) is -2.37. The van der Waals surface area contributed by atoms with E-state index in [1.807, 2.05) is 17.5 Å². The average Bonchev–Trinajstić information content (AvgIpc) is 2.51. The molecular formula is C7H7NO2S2. The lowest BCUT2D eigenvalue weighted by molar-refractivity contribution is 0.618. The largest absolute Gasteiger partial charge is 0.312 e. The molecule has 3 nitrogen and oxygen atoms in total. The van der Waals surface area contributed by atoms with Crippen molar-refractivity contribution >= 4 is 21.8 Å². The van der Waals surface area contributed by atoms with Crippen molar-refractivity contribution in [2.24, 2.45) is 4.36 Å². The Kier molecular flexibility index (Phi) is 3.19. The van der Waals surface area contributed by atoms with E-state index in [4.69, 9.17) is 0 Å². The molecule has 1 unspecified atom stereocenters. The van der Waals surface area contributed by atoms with Gasteiger partial charge in [0.1, 0.15) is 6.04 Å². The number of thiophene rings is 1. The highest BCUT2D eigenvalue weighted by Crippen LogP contribution is 2.22. The topological polar surface area (TPSA) is 46.5 Å². The SMILES string of the molecule is C=CC(N=S(=O)=O)c1cccs1. The van der Waals surface area contributed by atoms with Crippen molar-refractivity contribution < 1.29 is 8.42 Å². The van der Waals surface area contributed by atoms with Crippen LogP contribution in [0.2, 0.25) is 0 Å². The molecule has 5 heteroatoms. The van der Waals surface area contributed by atoms with Crippen LogP contribution in [-0.4, -0.2) is 8.42 Å². The van der Waals surface area contributed by atoms with E-state index < -0.39 is 16.5 Å². The number of rotatable bonds is 3. The first-order chi connectivity index (χ1) is 5.74. The van der Waals surface area contributed by atoms with Crippen molar-refractivity contribution in [3.8, 4) is 0 Å². The number of nitrogens with zero attached hydrogens (tertiary/aromatic N) is 1. The van der Waals surface area contributed by atoms with Gasteiger partial charge in [-0.1, -0.05) is 12.1 Å². The first-order valence-electron chi connectivity index (χ1n) is 3.20. The molecule has 1 heterocycles. The van der Waals surface area contributed by atoms with Crippen LogP contribution in [0.1, 0.15) is 10.9 Å². The van der Waals surface area contributed by atoms with E-state index >= 15 is 0 Å². The van der Waals surface area contributed by atoms with Crippen molar-refractivity contribution in [3.05, 3.63) is 35.0 Å². The van der Waals surface area contributed by atoms with Crippen LogP contribution in [0.3, 0.4) is 0 Å². The second-order valence-corrected chi connectivity index (χ2v) is 3.64. The summed E-state index contributed by atoms with van der Waals surface area (Å²) in [5.41, 5.74) is 0. The first-order valence-corrected chi connectivity index (χ1v) is 5.11. The van der Waals surface area contributed by atoms with Gasteiger partial charge < -0.3 is 0 Å². The summed E-state index contributed by atoms with van der Waals surface area (Å²) in [5, 5.41) is 1.87. The molecule has 1 atom stereocenters. The van der Waals surface area contributed by atoms with Crippen LogP contribution in [-0.2, 0) is 10.5 Å². The fourth-order valence-corrected chi connectivity index (χ4v) is 1.97. The van der Waals surface area contributed by atoms with Crippen molar-refractivity contribution in [1.82, 2.24) is 0 Å². The quantitative estimate of drug-likeness (QED) is 0.702. The molecular weight excluding hydrogens is 194 g/mol. The molecule has 0 aliphatic carbocycles. The molecule has 0 N–H and O–H groups in total. The van der Waals surface area contributed by atoms with Crippen LogP contribution >= 0.6 is 11.3 Å². The van der Waals surface area contributed by atoms with Gasteiger partial charge in [0, 0.05) is 4.88 Å². The lowest BCUT2D eigenvalue weighted by Crippen LogP contribution is -1.84. The maximum Gasteiger partial charge on any atom is 0.312 e. The van der Waals surface area contributed by atoms with E-state index in [0.717, 1.165) is 4.88 Å². The van der Waals surface area contributed by atoms with E-state index in [1.54, 1.807) is 0 Å². The van der Waals surface area contributed by atoms with Crippen LogP contribution < -0.4 is 0 Å². The summed E-state index contributed by atoms with van der Waals surface area (Å²) in [4.78, 5) is 0.884. The van der Waals surface area contributed by atoms with Crippen LogP contribution in [0.15, 0.2) is 34.5 Å². The fourth-order valence-electron chi connectivity index (χ4n) is 0.763. The number of hydrogen-bond acceptors (Lipinski definition) is 4. The first kappa shape index (κ1) is 9.15. The highest BCUT2D eigenvalue weighted by molar-refractivity contribution is 7.61. The predicted octanol–water partition coefficient (Wildman–Crippen LogP) is 2.04. The monoisotopic (exact) mass is 201 g/mol. The van der Waals surface area contributed by atoms with E-state index in [1.165, 1.54) is 17.4 Å². The molecule has 0 saturated carbocycles. The van der Waals surface area contributed by atoms with Gasteiger partial charge in [-0.3, -0.25) is 0 Å². The zero-order valence-corrected chi connectivity index (χ0v) is 7.81. The van der Waals surface area contributed by atoms with E-state index in [2.05, 4.69) is 10.9 Å². The number of hydrogen-bond donors (Lipinski definition) is 0. The minimum Gasteiger partial charge on any atom is -0.164 e. The van der Waals surface area contributed by atoms with Crippen molar-refractivity contribution in [2.45, 2.75) is 6.04 Å². The molecule has 0 fully saturated rings. The van der Waals surface area contributed by atoms with Gasteiger partial charge in [0.2, 0.25) is 0 Å². The van der Waals surface area contributed by atoms with Crippen molar-refractivity contribution in [2.75, 3.05) is 0 Å². The molecule has 1 rings (SSSR count). The van der Waals surface area contributed by atoms with E-state index in [0.29, 0.717) is 0 Å². The third-order valence-electron chi connectivity index (χ3n) is 1.26. The molecule has 0 amide bonds. The molecule has 1 aromatic heterocycles. The molecule has 1 aromatic rings. The highest BCUT2D eigenvalue weighted by Gasteiger charge is 2.05. The Labute approximate surface area is 76.1 Å². The van der Waals surface area contributed by atoms with E-state index in [-0.39, 0.29) is 0 Å². The Morgan fingerprint density at radius 3 is 2.83 bits per heavy atom. The van der Waals surface area contributed by atoms with Crippen LogP contribution in [0.5, 0.6) is 0 Å². The van der Waals surface area contributed by atoms with Gasteiger partial charge in [-0.25, -0.2) is 0 Å². The van der Waals surface area contributed by atoms with Gasteiger partial charge in [-0.05, 0) is 11.4 Å². The minimum absolute atomic E-state index is 0.427. The standard InChI is InChI=1S/C7H7NO2S2/c1-2-6(8-12(9)10)7-4-3-5-11-7/h2-6H,1H2. The molecule has 64 valence electrons. The highest BCUT2D eigenvalue weighted by atomic mass is 32.2. The normalized spacial score (nSPS) is 12.0. The van der Waals surface area contributed by atoms with Gasteiger partial charge in [-0.2, -0.15) is 12.8 Å². The second-order valence-electron chi connectivity index (χ2n) is 2.02. The average molecular weight is 201 g/mol. The second kappa shape index (κ2) is 4.18. The van der Waals surface area contributed by atoms with Gasteiger partial charge in [-0.15, -0.1) is 17.9 Å².